The molecule has 2 aromatic rings. The maximum atomic E-state index is 12.1. The number of urea groups is 1. The second kappa shape index (κ2) is 6.32. The molecule has 0 fully saturated rings. The van der Waals surface area contributed by atoms with Gasteiger partial charge in [-0.3, -0.25) is 0 Å². The van der Waals surface area contributed by atoms with Gasteiger partial charge in [0.2, 0.25) is 0 Å². The highest BCUT2D eigenvalue weighted by atomic mass is 35.5. The molecule has 21 heavy (non-hydrogen) atoms. The Kier molecular flexibility index (Phi) is 4.49. The zero-order valence-electron chi connectivity index (χ0n) is 11.2. The molecule has 0 saturated heterocycles. The smallest absolute Gasteiger partial charge is 0.339 e. The molecule has 6 nitrogen and oxygen atoms in total. The van der Waals surface area contributed by atoms with Crippen LogP contribution in [-0.2, 0) is 6.54 Å². The van der Waals surface area contributed by atoms with Gasteiger partial charge in [0.1, 0.15) is 5.56 Å². The molecular weight excluding hydrogens is 296 g/mol. The quantitative estimate of drug-likeness (QED) is 0.908. The summed E-state index contributed by atoms with van der Waals surface area (Å²) in [6.07, 6.45) is 3.05. The fourth-order valence-electron chi connectivity index (χ4n) is 1.78. The predicted octanol–water partition coefficient (Wildman–Crippen LogP) is 3.30. The molecule has 0 radical (unpaired) electrons. The Bertz CT molecular complexity index is 655. The lowest BCUT2D eigenvalue weighted by atomic mass is 10.2. The van der Waals surface area contributed by atoms with Gasteiger partial charge in [-0.15, -0.1) is 0 Å². The third-order valence-electron chi connectivity index (χ3n) is 2.82. The number of aromatic carboxylic acids is 1. The van der Waals surface area contributed by atoms with Crippen LogP contribution in [0.4, 0.5) is 10.5 Å². The maximum Gasteiger partial charge on any atom is 0.339 e. The van der Waals surface area contributed by atoms with E-state index in [-0.39, 0.29) is 16.3 Å². The normalized spacial score (nSPS) is 10.2. The molecule has 0 atom stereocenters. The number of hydrogen-bond donors (Lipinski definition) is 2. The first-order chi connectivity index (χ1) is 9.99. The standard InChI is InChI=1S/C14H13ClN2O4/c1-17(7-9-5-6-21-8-9)14(20)16-11-4-2-3-10(15)12(11)13(18)19/h2-6,8H,7H2,1H3,(H,16,20)(H,18,19). The van der Waals surface area contributed by atoms with Crippen molar-refractivity contribution >= 4 is 29.3 Å². The summed E-state index contributed by atoms with van der Waals surface area (Å²) in [5.74, 6) is -1.20. The van der Waals surface area contributed by atoms with Crippen LogP contribution in [0.2, 0.25) is 5.02 Å². The molecule has 0 spiro atoms. The highest BCUT2D eigenvalue weighted by Crippen LogP contribution is 2.24. The molecule has 1 heterocycles. The van der Waals surface area contributed by atoms with E-state index in [1.807, 2.05) is 0 Å². The summed E-state index contributed by atoms with van der Waals surface area (Å²) >= 11 is 5.84. The zero-order valence-corrected chi connectivity index (χ0v) is 11.9. The molecule has 2 amide bonds. The average Bonchev–Trinajstić information content (AvgIpc) is 2.91. The number of amides is 2. The van der Waals surface area contributed by atoms with E-state index in [1.165, 1.54) is 29.6 Å². The SMILES string of the molecule is CN(Cc1ccoc1)C(=O)Nc1cccc(Cl)c1C(=O)O. The van der Waals surface area contributed by atoms with Crippen LogP contribution in [0.3, 0.4) is 0 Å². The van der Waals surface area contributed by atoms with Crippen molar-refractivity contribution in [2.45, 2.75) is 6.54 Å². The van der Waals surface area contributed by atoms with Crippen LogP contribution in [0, 0.1) is 0 Å². The second-order valence-corrected chi connectivity index (χ2v) is 4.79. The van der Waals surface area contributed by atoms with E-state index in [9.17, 15) is 9.59 Å². The van der Waals surface area contributed by atoms with Crippen LogP contribution < -0.4 is 5.32 Å². The monoisotopic (exact) mass is 308 g/mol. The van der Waals surface area contributed by atoms with Gasteiger partial charge in [0.05, 0.1) is 29.8 Å². The van der Waals surface area contributed by atoms with Gasteiger partial charge in [0, 0.05) is 12.6 Å². The predicted molar refractivity (Wildman–Crippen MR) is 77.6 cm³/mol. The largest absolute Gasteiger partial charge is 0.478 e. The van der Waals surface area contributed by atoms with Crippen molar-refractivity contribution < 1.29 is 19.1 Å². The molecule has 0 bridgehead atoms. The summed E-state index contributed by atoms with van der Waals surface area (Å²) in [6.45, 7) is 0.339. The molecular formula is C14H13ClN2O4. The van der Waals surface area contributed by atoms with Crippen LogP contribution in [-0.4, -0.2) is 29.1 Å². The number of carboxylic acids is 1. The maximum absolute atomic E-state index is 12.1. The second-order valence-electron chi connectivity index (χ2n) is 4.39. The number of carbonyl (C=O) groups is 2. The molecule has 2 N–H and O–H groups in total. The van der Waals surface area contributed by atoms with Crippen LogP contribution >= 0.6 is 11.6 Å². The highest BCUT2D eigenvalue weighted by molar-refractivity contribution is 6.34. The van der Waals surface area contributed by atoms with E-state index in [2.05, 4.69) is 5.32 Å². The van der Waals surface area contributed by atoms with Crippen LogP contribution in [0.25, 0.3) is 0 Å². The summed E-state index contributed by atoms with van der Waals surface area (Å²) < 4.78 is 4.93. The Morgan fingerprint density at radius 3 is 2.76 bits per heavy atom. The average molecular weight is 309 g/mol. The number of carbonyl (C=O) groups excluding carboxylic acids is 1. The van der Waals surface area contributed by atoms with Crippen molar-refractivity contribution in [1.82, 2.24) is 4.90 Å². The van der Waals surface area contributed by atoms with Crippen LogP contribution in [0.1, 0.15) is 15.9 Å². The lowest BCUT2D eigenvalue weighted by molar-refractivity contribution is 0.0698. The Balaban J connectivity index is 2.12. The van der Waals surface area contributed by atoms with E-state index < -0.39 is 12.0 Å². The van der Waals surface area contributed by atoms with Crippen molar-refractivity contribution in [2.75, 3.05) is 12.4 Å². The van der Waals surface area contributed by atoms with Crippen molar-refractivity contribution in [3.05, 3.63) is 52.9 Å². The van der Waals surface area contributed by atoms with Crippen molar-refractivity contribution in [1.29, 1.82) is 0 Å². The lowest BCUT2D eigenvalue weighted by Gasteiger charge is -2.18. The van der Waals surface area contributed by atoms with Gasteiger partial charge < -0.3 is 19.7 Å². The molecule has 110 valence electrons. The van der Waals surface area contributed by atoms with Crippen molar-refractivity contribution in [2.24, 2.45) is 0 Å². The first-order valence-corrected chi connectivity index (χ1v) is 6.42. The number of rotatable bonds is 4. The highest BCUT2D eigenvalue weighted by Gasteiger charge is 2.17. The Morgan fingerprint density at radius 1 is 1.38 bits per heavy atom. The van der Waals surface area contributed by atoms with E-state index in [1.54, 1.807) is 19.2 Å². The zero-order chi connectivity index (χ0) is 15.4. The number of benzene rings is 1. The molecule has 2 rings (SSSR count). The van der Waals surface area contributed by atoms with Crippen molar-refractivity contribution in [3.63, 3.8) is 0 Å². The van der Waals surface area contributed by atoms with Gasteiger partial charge in [-0.25, -0.2) is 9.59 Å². The molecule has 0 aliphatic carbocycles. The molecule has 0 aliphatic heterocycles. The molecule has 0 saturated carbocycles. The number of nitrogens with zero attached hydrogens (tertiary/aromatic N) is 1. The Hall–Kier alpha value is -2.47. The molecule has 7 heteroatoms. The fourth-order valence-corrected chi connectivity index (χ4v) is 2.04. The molecule has 1 aromatic carbocycles. The van der Waals surface area contributed by atoms with Gasteiger partial charge in [0.25, 0.3) is 0 Å². The third kappa shape index (κ3) is 3.55. The van der Waals surface area contributed by atoms with E-state index >= 15 is 0 Å². The number of anilines is 1. The van der Waals surface area contributed by atoms with Gasteiger partial charge in [-0.2, -0.15) is 0 Å². The van der Waals surface area contributed by atoms with E-state index in [0.29, 0.717) is 6.54 Å². The van der Waals surface area contributed by atoms with Gasteiger partial charge in [-0.05, 0) is 18.2 Å². The van der Waals surface area contributed by atoms with Gasteiger partial charge in [-0.1, -0.05) is 17.7 Å². The third-order valence-corrected chi connectivity index (χ3v) is 3.13. The van der Waals surface area contributed by atoms with Gasteiger partial charge >= 0.3 is 12.0 Å². The summed E-state index contributed by atoms with van der Waals surface area (Å²) in [5, 5.41) is 11.7. The molecule has 1 aromatic heterocycles. The van der Waals surface area contributed by atoms with E-state index in [0.717, 1.165) is 5.56 Å². The summed E-state index contributed by atoms with van der Waals surface area (Å²) in [7, 11) is 1.59. The fraction of sp³-hybridized carbons (Fsp3) is 0.143. The minimum absolute atomic E-state index is 0.0674. The summed E-state index contributed by atoms with van der Waals surface area (Å²) in [4.78, 5) is 24.7. The van der Waals surface area contributed by atoms with Crippen LogP contribution in [0.15, 0.2) is 41.2 Å². The molecule has 0 aliphatic rings. The van der Waals surface area contributed by atoms with Crippen molar-refractivity contribution in [3.8, 4) is 0 Å². The Labute approximate surface area is 125 Å². The lowest BCUT2D eigenvalue weighted by Crippen LogP contribution is -2.31. The Morgan fingerprint density at radius 2 is 2.14 bits per heavy atom. The van der Waals surface area contributed by atoms with Gasteiger partial charge in [0.15, 0.2) is 0 Å². The minimum atomic E-state index is -1.20. The molecule has 0 unspecified atom stereocenters. The topological polar surface area (TPSA) is 82.8 Å². The minimum Gasteiger partial charge on any atom is -0.478 e. The van der Waals surface area contributed by atoms with E-state index in [4.69, 9.17) is 21.1 Å². The number of nitrogens with one attached hydrogen (secondary N) is 1. The summed E-state index contributed by atoms with van der Waals surface area (Å²) in [5.41, 5.74) is 0.848. The number of furan rings is 1. The first kappa shape index (κ1) is 14.9. The van der Waals surface area contributed by atoms with Crippen LogP contribution in [0.5, 0.6) is 0 Å². The number of carboxylic acid groups (broad SMARTS) is 1. The summed E-state index contributed by atoms with van der Waals surface area (Å²) in [6, 6.07) is 5.81. The number of hydrogen-bond acceptors (Lipinski definition) is 3. The first-order valence-electron chi connectivity index (χ1n) is 6.04. The number of halogens is 1.